The van der Waals surface area contributed by atoms with E-state index in [1.807, 2.05) is 18.4 Å². The van der Waals surface area contributed by atoms with Crippen molar-refractivity contribution in [3.05, 3.63) is 37.7 Å². The number of hydrogen-bond donors (Lipinski definition) is 1. The predicted octanol–water partition coefficient (Wildman–Crippen LogP) is 5.11. The minimum Gasteiger partial charge on any atom is -0.474 e. The highest BCUT2D eigenvalue weighted by Crippen LogP contribution is 2.50. The van der Waals surface area contributed by atoms with E-state index in [2.05, 4.69) is 30.1 Å². The van der Waals surface area contributed by atoms with Gasteiger partial charge in [-0.05, 0) is 70.5 Å². The summed E-state index contributed by atoms with van der Waals surface area (Å²) in [6.45, 7) is 8.10. The molecule has 0 amide bonds. The van der Waals surface area contributed by atoms with Crippen LogP contribution in [0.4, 0.5) is 5.00 Å². The monoisotopic (exact) mass is 660 g/mol. The number of nitrogen functional groups attached to an aromatic ring is 1. The summed E-state index contributed by atoms with van der Waals surface area (Å²) in [5, 5.41) is 15.2. The van der Waals surface area contributed by atoms with E-state index >= 15 is 0 Å². The molecule has 7 heterocycles. The number of anilines is 1. The van der Waals surface area contributed by atoms with Gasteiger partial charge in [0, 0.05) is 29.4 Å². The molecule has 2 N–H and O–H groups in total. The molecule has 1 saturated carbocycles. The number of aryl methyl sites for hydroxylation is 2. The zero-order chi connectivity index (χ0) is 33.0. The fraction of sp³-hybridized carbons (Fsp3) is 0.618. The molecular weight excluding hydrogens is 616 g/mol. The minimum absolute atomic E-state index is 0.0929. The summed E-state index contributed by atoms with van der Waals surface area (Å²) >= 11 is 1.51. The van der Waals surface area contributed by atoms with Crippen LogP contribution in [-0.2, 0) is 30.2 Å². The number of thiophene rings is 1. The molecule has 4 aromatic heterocycles. The van der Waals surface area contributed by atoms with Gasteiger partial charge in [-0.2, -0.15) is 10.2 Å². The first-order valence-electron chi connectivity index (χ1n) is 17.1. The summed E-state index contributed by atoms with van der Waals surface area (Å²) in [6, 6.07) is 2.62. The minimum atomic E-state index is -0.417. The Kier molecular flexibility index (Phi) is 8.39. The average molecular weight is 661 g/mol. The topological polar surface area (TPSA) is 150 Å². The number of nitrogens with zero attached hydrogens (tertiary/aromatic N) is 7. The summed E-state index contributed by atoms with van der Waals surface area (Å²) in [4.78, 5) is 27.3. The van der Waals surface area contributed by atoms with Crippen molar-refractivity contribution in [2.75, 3.05) is 32.5 Å². The Morgan fingerprint density at radius 3 is 2.68 bits per heavy atom. The molecule has 5 aliphatic rings. The van der Waals surface area contributed by atoms with E-state index in [-0.39, 0.29) is 23.8 Å². The van der Waals surface area contributed by atoms with Gasteiger partial charge < -0.3 is 24.6 Å². The summed E-state index contributed by atoms with van der Waals surface area (Å²) in [6.07, 6.45) is 8.23. The highest BCUT2D eigenvalue weighted by Gasteiger charge is 2.55. The van der Waals surface area contributed by atoms with Crippen LogP contribution in [0.5, 0.6) is 5.88 Å². The Morgan fingerprint density at radius 2 is 2.00 bits per heavy atom. The molecule has 4 fully saturated rings. The Balaban J connectivity index is 0.00000172. The van der Waals surface area contributed by atoms with Gasteiger partial charge in [-0.3, -0.25) is 9.13 Å². The van der Waals surface area contributed by atoms with Crippen LogP contribution in [0.3, 0.4) is 0 Å². The zero-order valence-corrected chi connectivity index (χ0v) is 28.8. The van der Waals surface area contributed by atoms with Crippen molar-refractivity contribution in [1.29, 1.82) is 5.26 Å². The quantitative estimate of drug-likeness (QED) is 0.270. The number of hydrogen-bond acceptors (Lipinski definition) is 11. The van der Waals surface area contributed by atoms with E-state index < -0.39 is 5.54 Å². The lowest BCUT2D eigenvalue weighted by molar-refractivity contribution is 0.113. The van der Waals surface area contributed by atoms with Crippen molar-refractivity contribution in [1.82, 2.24) is 29.2 Å². The van der Waals surface area contributed by atoms with Gasteiger partial charge >= 0.3 is 5.69 Å². The standard InChI is InChI=1S/C32H38N8O4S.C2H6/c1-4-7-20-24(19-9-5-10-22-23(19)21(14-33)27(34)45-22)37-44-26(20)28-35-29-25(30(36-28)42-15-17-8-6-11-38(17)2)39(3)31(41)40(29)32-12-18(13-32)43-16-32;1-2/h17-19H,4-13,15-16,34H2,1-3H3;1-2H3/t17?,18?,19-,32?;/m0./s1. The number of aromatic nitrogens is 5. The molecule has 3 saturated heterocycles. The largest absolute Gasteiger partial charge is 0.474 e. The van der Waals surface area contributed by atoms with E-state index in [4.69, 9.17) is 29.7 Å². The van der Waals surface area contributed by atoms with Crippen LogP contribution in [0.25, 0.3) is 22.7 Å². The van der Waals surface area contributed by atoms with Crippen molar-refractivity contribution in [2.45, 2.75) is 102 Å². The van der Waals surface area contributed by atoms with Crippen LogP contribution >= 0.6 is 11.3 Å². The van der Waals surface area contributed by atoms with Gasteiger partial charge in [0.1, 0.15) is 17.7 Å². The van der Waals surface area contributed by atoms with Crippen LogP contribution in [-0.4, -0.2) is 68.1 Å². The van der Waals surface area contributed by atoms with Crippen molar-refractivity contribution in [2.24, 2.45) is 7.05 Å². The lowest BCUT2D eigenvalue weighted by atomic mass is 9.78. The maximum atomic E-state index is 13.8. The van der Waals surface area contributed by atoms with Crippen LogP contribution in [0.1, 0.15) is 98.9 Å². The SMILES string of the molecule is CC.CCCc1c([C@H]2CCCc3sc(N)c(C#N)c32)noc1-c1nc(OCC2CCCN2C)c2c(n1)n(C13COC(C1)C3)c(=O)n2C. The first-order chi connectivity index (χ1) is 22.8. The molecule has 2 atom stereocenters. The Bertz CT molecular complexity index is 1900. The van der Waals surface area contributed by atoms with E-state index in [0.29, 0.717) is 58.8 Å². The van der Waals surface area contributed by atoms with Gasteiger partial charge in [-0.15, -0.1) is 11.3 Å². The van der Waals surface area contributed by atoms with Crippen LogP contribution in [0, 0.1) is 11.3 Å². The number of ether oxygens (including phenoxy) is 2. The summed E-state index contributed by atoms with van der Waals surface area (Å²) in [7, 11) is 3.87. The first kappa shape index (κ1) is 31.8. The number of imidazole rings is 1. The summed E-state index contributed by atoms with van der Waals surface area (Å²) in [5.41, 5.74) is 10.1. The molecule has 2 bridgehead atoms. The molecule has 47 heavy (non-hydrogen) atoms. The van der Waals surface area contributed by atoms with E-state index in [1.165, 1.54) is 11.3 Å². The molecule has 0 radical (unpaired) electrons. The average Bonchev–Trinajstić information content (AvgIpc) is 3.91. The molecule has 9 rings (SSSR count). The molecular formula is C34H44N8O4S. The second-order valence-electron chi connectivity index (χ2n) is 13.2. The molecule has 0 aromatic carbocycles. The molecule has 12 nitrogen and oxygen atoms in total. The molecule has 1 unspecified atom stereocenters. The second kappa shape index (κ2) is 12.4. The van der Waals surface area contributed by atoms with E-state index in [1.54, 1.807) is 11.6 Å². The number of likely N-dealkylation sites (N-methyl/N-ethyl adjacent to an activating group) is 1. The van der Waals surface area contributed by atoms with E-state index in [0.717, 1.165) is 79.6 Å². The fourth-order valence-corrected chi connectivity index (χ4v) is 9.20. The normalized spacial score (nSPS) is 24.9. The van der Waals surface area contributed by atoms with Crippen molar-refractivity contribution in [3.63, 3.8) is 0 Å². The van der Waals surface area contributed by atoms with Gasteiger partial charge in [-0.25, -0.2) is 9.78 Å². The maximum Gasteiger partial charge on any atom is 0.330 e. The van der Waals surface area contributed by atoms with Crippen LogP contribution < -0.4 is 16.2 Å². The third-order valence-electron chi connectivity index (χ3n) is 10.5. The van der Waals surface area contributed by atoms with Gasteiger partial charge in [0.05, 0.1) is 29.5 Å². The Labute approximate surface area is 278 Å². The molecule has 13 heteroatoms. The second-order valence-corrected chi connectivity index (χ2v) is 14.4. The number of likely N-dealkylation sites (tertiary alicyclic amines) is 1. The van der Waals surface area contributed by atoms with Gasteiger partial charge in [-0.1, -0.05) is 32.3 Å². The smallest absolute Gasteiger partial charge is 0.330 e. The number of nitriles is 1. The van der Waals surface area contributed by atoms with Gasteiger partial charge in [0.25, 0.3) is 0 Å². The molecule has 2 aliphatic carbocycles. The number of nitrogens with two attached hydrogens (primary N) is 1. The highest BCUT2D eigenvalue weighted by molar-refractivity contribution is 7.16. The van der Waals surface area contributed by atoms with Crippen LogP contribution in [0.15, 0.2) is 9.32 Å². The fourth-order valence-electron chi connectivity index (χ4n) is 8.07. The third-order valence-corrected chi connectivity index (χ3v) is 11.6. The number of rotatable bonds is 8. The molecule has 3 aliphatic heterocycles. The van der Waals surface area contributed by atoms with Crippen molar-refractivity contribution in [3.8, 4) is 23.5 Å². The Hall–Kier alpha value is -3.73. The maximum absolute atomic E-state index is 13.8. The van der Waals surface area contributed by atoms with Crippen molar-refractivity contribution >= 4 is 27.5 Å². The Morgan fingerprint density at radius 1 is 1.19 bits per heavy atom. The molecule has 4 aromatic rings. The highest BCUT2D eigenvalue weighted by atomic mass is 32.1. The van der Waals surface area contributed by atoms with Crippen LogP contribution in [0.2, 0.25) is 0 Å². The number of fused-ring (bicyclic) bond motifs is 3. The summed E-state index contributed by atoms with van der Waals surface area (Å²) in [5.74, 6) is 1.12. The van der Waals surface area contributed by atoms with E-state index in [9.17, 15) is 10.1 Å². The van der Waals surface area contributed by atoms with Crippen molar-refractivity contribution < 1.29 is 14.0 Å². The summed E-state index contributed by atoms with van der Waals surface area (Å²) < 4.78 is 22.0. The first-order valence-corrected chi connectivity index (χ1v) is 17.9. The zero-order valence-electron chi connectivity index (χ0n) is 28.0. The van der Waals surface area contributed by atoms with Gasteiger partial charge in [0.15, 0.2) is 11.2 Å². The molecule has 0 spiro atoms. The van der Waals surface area contributed by atoms with Gasteiger partial charge in [0.2, 0.25) is 17.5 Å². The lowest BCUT2D eigenvalue weighted by Gasteiger charge is -2.36. The lowest BCUT2D eigenvalue weighted by Crippen LogP contribution is -2.48. The molecule has 250 valence electrons. The third kappa shape index (κ3) is 4.98. The predicted molar refractivity (Wildman–Crippen MR) is 180 cm³/mol.